The minimum Gasteiger partial charge on any atom is -0.453 e. The van der Waals surface area contributed by atoms with Gasteiger partial charge in [-0.2, -0.15) is 0 Å². The van der Waals surface area contributed by atoms with E-state index in [0.717, 1.165) is 30.8 Å². The number of amides is 1. The molecular weight excluding hydrogens is 412 g/mol. The van der Waals surface area contributed by atoms with Gasteiger partial charge in [0, 0.05) is 32.6 Å². The Morgan fingerprint density at radius 1 is 1.12 bits per heavy atom. The second kappa shape index (κ2) is 9.75. The van der Waals surface area contributed by atoms with Gasteiger partial charge in [0.2, 0.25) is 5.91 Å². The van der Waals surface area contributed by atoms with E-state index in [-0.39, 0.29) is 12.3 Å². The van der Waals surface area contributed by atoms with E-state index in [9.17, 15) is 19.2 Å². The van der Waals surface area contributed by atoms with E-state index in [1.165, 1.54) is 11.8 Å². The number of benzene rings is 1. The lowest BCUT2D eigenvalue weighted by Gasteiger charge is -2.32. The molecule has 0 aliphatic carbocycles. The van der Waals surface area contributed by atoms with E-state index in [4.69, 9.17) is 9.47 Å². The summed E-state index contributed by atoms with van der Waals surface area (Å²) in [6.07, 6.45) is 3.57. The summed E-state index contributed by atoms with van der Waals surface area (Å²) in [4.78, 5) is 54.2. The molecule has 8 heteroatoms. The molecule has 3 aliphatic heterocycles. The molecule has 4 rings (SSSR count). The van der Waals surface area contributed by atoms with Crippen LogP contribution in [0.25, 0.3) is 6.08 Å². The highest BCUT2D eigenvalue weighted by atomic mass is 16.6. The number of carbonyl (C=O) groups is 4. The van der Waals surface area contributed by atoms with Crippen molar-refractivity contribution in [3.63, 3.8) is 0 Å². The quantitative estimate of drug-likeness (QED) is 0.471. The minimum absolute atomic E-state index is 0.118. The first kappa shape index (κ1) is 22.4. The molecule has 0 bridgehead atoms. The summed E-state index contributed by atoms with van der Waals surface area (Å²) in [6.45, 7) is 5.32. The highest BCUT2D eigenvalue weighted by Gasteiger charge is 2.48. The molecular formula is C24H28N2O6. The standard InChI is InChI=1S/C24H28N2O6/c1-16(27)26-10-8-17-5-2-3-6-18(17)19(26)15-20(28)22-23(29)21(32-24(22)30)7-4-9-25-11-13-31-14-12-25/h2-3,5-6,8,10,19,21-22H,4,7,9,11-15H2,1H3. The molecule has 3 atom stereocenters. The van der Waals surface area contributed by atoms with Crippen LogP contribution in [-0.4, -0.2) is 72.2 Å². The van der Waals surface area contributed by atoms with Gasteiger partial charge in [0.15, 0.2) is 23.6 Å². The lowest BCUT2D eigenvalue weighted by Crippen LogP contribution is -2.37. The Morgan fingerprint density at radius 3 is 2.62 bits per heavy atom. The number of nitrogens with zero attached hydrogens (tertiary/aromatic N) is 2. The number of esters is 1. The molecule has 170 valence electrons. The summed E-state index contributed by atoms with van der Waals surface area (Å²) in [5.41, 5.74) is 1.73. The topological polar surface area (TPSA) is 93.2 Å². The van der Waals surface area contributed by atoms with Crippen LogP contribution in [0.1, 0.15) is 43.4 Å². The van der Waals surface area contributed by atoms with Crippen molar-refractivity contribution in [1.82, 2.24) is 9.80 Å². The van der Waals surface area contributed by atoms with Crippen molar-refractivity contribution >= 4 is 29.5 Å². The van der Waals surface area contributed by atoms with Gasteiger partial charge in [-0.3, -0.25) is 24.1 Å². The number of hydrogen-bond acceptors (Lipinski definition) is 7. The molecule has 0 N–H and O–H groups in total. The Bertz CT molecular complexity index is 936. The fraction of sp³-hybridized carbons (Fsp3) is 0.500. The van der Waals surface area contributed by atoms with Crippen molar-refractivity contribution in [3.8, 4) is 0 Å². The summed E-state index contributed by atoms with van der Waals surface area (Å²) in [7, 11) is 0. The maximum atomic E-state index is 13.1. The van der Waals surface area contributed by atoms with Crippen molar-refractivity contribution in [3.05, 3.63) is 41.6 Å². The summed E-state index contributed by atoms with van der Waals surface area (Å²) >= 11 is 0. The van der Waals surface area contributed by atoms with Gasteiger partial charge in [-0.05, 0) is 36.6 Å². The van der Waals surface area contributed by atoms with E-state index in [1.54, 1.807) is 6.20 Å². The number of cyclic esters (lactones) is 1. The highest BCUT2D eigenvalue weighted by Crippen LogP contribution is 2.35. The molecule has 32 heavy (non-hydrogen) atoms. The summed E-state index contributed by atoms with van der Waals surface area (Å²) < 4.78 is 10.6. The van der Waals surface area contributed by atoms with Gasteiger partial charge in [-0.25, -0.2) is 0 Å². The van der Waals surface area contributed by atoms with Crippen LogP contribution in [0.5, 0.6) is 0 Å². The van der Waals surface area contributed by atoms with Crippen LogP contribution in [0.15, 0.2) is 30.5 Å². The maximum Gasteiger partial charge on any atom is 0.325 e. The third-order valence-electron chi connectivity index (χ3n) is 6.33. The third-order valence-corrected chi connectivity index (χ3v) is 6.33. The second-order valence-electron chi connectivity index (χ2n) is 8.41. The molecule has 0 aromatic heterocycles. The van der Waals surface area contributed by atoms with E-state index < -0.39 is 35.6 Å². The number of ketones is 2. The van der Waals surface area contributed by atoms with Crippen LogP contribution >= 0.6 is 0 Å². The SMILES string of the molecule is CC(=O)N1C=Cc2ccccc2C1CC(=O)C1C(=O)OC(CCCN2CCOCC2)C1=O. The normalized spacial score (nSPS) is 25.5. The van der Waals surface area contributed by atoms with E-state index >= 15 is 0 Å². The van der Waals surface area contributed by atoms with Crippen LogP contribution in [0.2, 0.25) is 0 Å². The monoisotopic (exact) mass is 440 g/mol. The van der Waals surface area contributed by atoms with Crippen molar-refractivity contribution in [1.29, 1.82) is 0 Å². The molecule has 3 aliphatic rings. The van der Waals surface area contributed by atoms with Gasteiger partial charge in [-0.1, -0.05) is 24.3 Å². The molecule has 2 fully saturated rings. The smallest absolute Gasteiger partial charge is 0.325 e. The molecule has 3 heterocycles. The Morgan fingerprint density at radius 2 is 1.88 bits per heavy atom. The summed E-state index contributed by atoms with van der Waals surface area (Å²) in [6, 6.07) is 6.93. The van der Waals surface area contributed by atoms with Crippen LogP contribution < -0.4 is 0 Å². The van der Waals surface area contributed by atoms with Crippen LogP contribution in [0.3, 0.4) is 0 Å². The molecule has 1 aromatic rings. The average Bonchev–Trinajstić information content (AvgIpc) is 3.07. The number of Topliss-reactive ketones (excluding diaryl/α,β-unsaturated/α-hetero) is 2. The van der Waals surface area contributed by atoms with E-state index in [0.29, 0.717) is 26.1 Å². The average molecular weight is 440 g/mol. The predicted molar refractivity (Wildman–Crippen MR) is 115 cm³/mol. The van der Waals surface area contributed by atoms with Crippen molar-refractivity contribution in [2.45, 2.75) is 38.3 Å². The zero-order valence-corrected chi connectivity index (χ0v) is 18.2. The first-order chi connectivity index (χ1) is 15.5. The number of ether oxygens (including phenoxy) is 2. The number of carbonyl (C=O) groups excluding carboxylic acids is 4. The van der Waals surface area contributed by atoms with Gasteiger partial charge in [0.25, 0.3) is 0 Å². The maximum absolute atomic E-state index is 13.1. The number of morpholine rings is 1. The Balaban J connectivity index is 1.40. The van der Waals surface area contributed by atoms with Crippen LogP contribution in [0, 0.1) is 5.92 Å². The number of hydrogen-bond donors (Lipinski definition) is 0. The minimum atomic E-state index is -1.41. The molecule has 8 nitrogen and oxygen atoms in total. The van der Waals surface area contributed by atoms with E-state index in [2.05, 4.69) is 4.90 Å². The van der Waals surface area contributed by atoms with Gasteiger partial charge in [0.1, 0.15) is 0 Å². The van der Waals surface area contributed by atoms with Crippen molar-refractivity contribution in [2.24, 2.45) is 5.92 Å². The van der Waals surface area contributed by atoms with Crippen LogP contribution in [-0.2, 0) is 28.7 Å². The Hall–Kier alpha value is -2.84. The molecule has 1 aromatic carbocycles. The van der Waals surface area contributed by atoms with Gasteiger partial charge < -0.3 is 14.4 Å². The van der Waals surface area contributed by atoms with Crippen molar-refractivity contribution < 1.29 is 28.7 Å². The highest BCUT2D eigenvalue weighted by molar-refractivity contribution is 6.21. The molecule has 0 radical (unpaired) electrons. The Kier molecular flexibility index (Phi) is 6.81. The largest absolute Gasteiger partial charge is 0.453 e. The number of rotatable bonds is 7. The molecule has 2 saturated heterocycles. The Labute approximate surface area is 187 Å². The van der Waals surface area contributed by atoms with Crippen molar-refractivity contribution in [2.75, 3.05) is 32.8 Å². The number of fused-ring (bicyclic) bond motifs is 1. The molecule has 0 spiro atoms. The lowest BCUT2D eigenvalue weighted by molar-refractivity contribution is -0.147. The van der Waals surface area contributed by atoms with Gasteiger partial charge >= 0.3 is 5.97 Å². The first-order valence-corrected chi connectivity index (χ1v) is 11.1. The fourth-order valence-electron chi connectivity index (χ4n) is 4.61. The molecule has 3 unspecified atom stereocenters. The van der Waals surface area contributed by atoms with Crippen LogP contribution in [0.4, 0.5) is 0 Å². The third kappa shape index (κ3) is 4.66. The fourth-order valence-corrected chi connectivity index (χ4v) is 4.61. The zero-order valence-electron chi connectivity index (χ0n) is 18.2. The zero-order chi connectivity index (χ0) is 22.7. The molecule has 1 amide bonds. The first-order valence-electron chi connectivity index (χ1n) is 11.1. The molecule has 0 saturated carbocycles. The predicted octanol–water partition coefficient (Wildman–Crippen LogP) is 1.74. The summed E-state index contributed by atoms with van der Waals surface area (Å²) in [5, 5.41) is 0. The lowest BCUT2D eigenvalue weighted by atomic mass is 9.87. The summed E-state index contributed by atoms with van der Waals surface area (Å²) in [5.74, 6) is -3.36. The van der Waals surface area contributed by atoms with E-state index in [1.807, 2.05) is 30.3 Å². The van der Waals surface area contributed by atoms with Gasteiger partial charge in [0.05, 0.1) is 19.3 Å². The second-order valence-corrected chi connectivity index (χ2v) is 8.41. The van der Waals surface area contributed by atoms with Gasteiger partial charge in [-0.15, -0.1) is 0 Å².